The molecule has 0 aliphatic carbocycles. The van der Waals surface area contributed by atoms with E-state index in [4.69, 9.17) is 4.74 Å². The number of rotatable bonds is 1. The minimum absolute atomic E-state index is 0.0579. The number of hydrogen-bond donors (Lipinski definition) is 1. The molecule has 0 saturated carbocycles. The summed E-state index contributed by atoms with van der Waals surface area (Å²) in [5.74, 6) is 0.0828. The van der Waals surface area contributed by atoms with Crippen LogP contribution in [-0.4, -0.2) is 48.6 Å². The molecule has 1 N–H and O–H groups in total. The molecule has 0 aromatic heterocycles. The number of nitrogens with one attached hydrogen (secondary N) is 1. The molecule has 4 unspecified atom stereocenters. The second-order valence-corrected chi connectivity index (χ2v) is 5.04. The van der Waals surface area contributed by atoms with Gasteiger partial charge in [-0.2, -0.15) is 0 Å². The number of amides is 2. The average molecular weight is 240 g/mol. The number of piperazine rings is 1. The zero-order valence-corrected chi connectivity index (χ0v) is 10.6. The number of nitrogens with zero attached hydrogens (tertiary/aromatic N) is 1. The molecule has 17 heavy (non-hydrogen) atoms. The minimum atomic E-state index is -0.115. The lowest BCUT2D eigenvalue weighted by Gasteiger charge is -2.31. The summed E-state index contributed by atoms with van der Waals surface area (Å²) in [5.41, 5.74) is 0. The molecule has 0 spiro atoms. The SMILES string of the molecule is CC1OC(C)C(C(=O)N2CCNC(=O)C2)C1C. The average Bonchev–Trinajstić information content (AvgIpc) is 2.52. The van der Waals surface area contributed by atoms with Crippen molar-refractivity contribution < 1.29 is 14.3 Å². The Morgan fingerprint density at radius 1 is 1.35 bits per heavy atom. The Labute approximate surface area is 101 Å². The van der Waals surface area contributed by atoms with Crippen LogP contribution in [0.4, 0.5) is 0 Å². The highest BCUT2D eigenvalue weighted by molar-refractivity contribution is 5.87. The Morgan fingerprint density at radius 2 is 2.06 bits per heavy atom. The molecular formula is C12H20N2O3. The van der Waals surface area contributed by atoms with Crippen molar-refractivity contribution in [1.29, 1.82) is 0 Å². The van der Waals surface area contributed by atoms with Crippen LogP contribution in [-0.2, 0) is 14.3 Å². The smallest absolute Gasteiger partial charge is 0.239 e. The van der Waals surface area contributed by atoms with Crippen molar-refractivity contribution in [1.82, 2.24) is 10.2 Å². The van der Waals surface area contributed by atoms with Gasteiger partial charge in [-0.25, -0.2) is 0 Å². The van der Waals surface area contributed by atoms with Gasteiger partial charge in [0.05, 0.1) is 24.7 Å². The largest absolute Gasteiger partial charge is 0.374 e. The third-order valence-electron chi connectivity index (χ3n) is 3.88. The monoisotopic (exact) mass is 240 g/mol. The second kappa shape index (κ2) is 4.64. The van der Waals surface area contributed by atoms with Gasteiger partial charge in [0.15, 0.2) is 0 Å². The number of carbonyl (C=O) groups is 2. The van der Waals surface area contributed by atoms with Crippen molar-refractivity contribution in [3.63, 3.8) is 0 Å². The molecule has 2 heterocycles. The Hall–Kier alpha value is -1.10. The maximum Gasteiger partial charge on any atom is 0.239 e. The fraction of sp³-hybridized carbons (Fsp3) is 0.833. The first-order valence-corrected chi connectivity index (χ1v) is 6.21. The summed E-state index contributed by atoms with van der Waals surface area (Å²) in [7, 11) is 0. The van der Waals surface area contributed by atoms with Crippen molar-refractivity contribution in [3.05, 3.63) is 0 Å². The van der Waals surface area contributed by atoms with E-state index in [2.05, 4.69) is 5.32 Å². The van der Waals surface area contributed by atoms with E-state index in [-0.39, 0.29) is 42.4 Å². The van der Waals surface area contributed by atoms with E-state index < -0.39 is 0 Å². The fourth-order valence-electron chi connectivity index (χ4n) is 2.73. The summed E-state index contributed by atoms with van der Waals surface area (Å²) < 4.78 is 5.68. The van der Waals surface area contributed by atoms with Crippen LogP contribution in [0.1, 0.15) is 20.8 Å². The Morgan fingerprint density at radius 3 is 2.59 bits per heavy atom. The van der Waals surface area contributed by atoms with E-state index in [0.29, 0.717) is 13.1 Å². The highest BCUT2D eigenvalue weighted by atomic mass is 16.5. The number of hydrogen-bond acceptors (Lipinski definition) is 3. The first kappa shape index (κ1) is 12.4. The molecule has 0 aromatic rings. The van der Waals surface area contributed by atoms with Gasteiger partial charge in [0.2, 0.25) is 11.8 Å². The molecule has 4 atom stereocenters. The third-order valence-corrected chi connectivity index (χ3v) is 3.88. The van der Waals surface area contributed by atoms with Gasteiger partial charge in [0, 0.05) is 13.1 Å². The van der Waals surface area contributed by atoms with E-state index >= 15 is 0 Å². The van der Waals surface area contributed by atoms with Crippen molar-refractivity contribution in [2.45, 2.75) is 33.0 Å². The van der Waals surface area contributed by atoms with Crippen molar-refractivity contribution in [3.8, 4) is 0 Å². The molecule has 2 saturated heterocycles. The van der Waals surface area contributed by atoms with E-state index in [1.54, 1.807) is 4.90 Å². The summed E-state index contributed by atoms with van der Waals surface area (Å²) in [4.78, 5) is 25.3. The summed E-state index contributed by atoms with van der Waals surface area (Å²) in [6.45, 7) is 7.32. The molecule has 2 rings (SSSR count). The fourth-order valence-corrected chi connectivity index (χ4v) is 2.73. The molecule has 2 aliphatic heterocycles. The van der Waals surface area contributed by atoms with Gasteiger partial charge in [-0.3, -0.25) is 9.59 Å². The van der Waals surface area contributed by atoms with E-state index in [1.165, 1.54) is 0 Å². The lowest BCUT2D eigenvalue weighted by atomic mass is 9.88. The molecule has 5 nitrogen and oxygen atoms in total. The quantitative estimate of drug-likeness (QED) is 0.702. The highest BCUT2D eigenvalue weighted by Gasteiger charge is 2.43. The van der Waals surface area contributed by atoms with Gasteiger partial charge < -0.3 is 15.0 Å². The summed E-state index contributed by atoms with van der Waals surface area (Å²) >= 11 is 0. The van der Waals surface area contributed by atoms with Crippen molar-refractivity contribution in [2.75, 3.05) is 19.6 Å². The molecule has 5 heteroatoms. The van der Waals surface area contributed by atoms with Crippen LogP contribution < -0.4 is 5.32 Å². The molecule has 0 radical (unpaired) electrons. The number of ether oxygens (including phenoxy) is 1. The van der Waals surface area contributed by atoms with Crippen LogP contribution in [0.25, 0.3) is 0 Å². The van der Waals surface area contributed by atoms with E-state index in [1.807, 2.05) is 20.8 Å². The number of carbonyl (C=O) groups excluding carboxylic acids is 2. The van der Waals surface area contributed by atoms with Gasteiger partial charge in [0.25, 0.3) is 0 Å². The Bertz CT molecular complexity index is 332. The maximum atomic E-state index is 12.4. The first-order valence-electron chi connectivity index (χ1n) is 6.21. The first-order chi connectivity index (χ1) is 8.00. The van der Waals surface area contributed by atoms with Gasteiger partial charge in [0.1, 0.15) is 0 Å². The van der Waals surface area contributed by atoms with Gasteiger partial charge in [-0.05, 0) is 19.8 Å². The van der Waals surface area contributed by atoms with Gasteiger partial charge >= 0.3 is 0 Å². The van der Waals surface area contributed by atoms with Crippen LogP contribution in [0.3, 0.4) is 0 Å². The molecule has 0 aromatic carbocycles. The molecule has 2 fully saturated rings. The summed E-state index contributed by atoms with van der Waals surface area (Å²) in [6, 6.07) is 0. The lowest BCUT2D eigenvalue weighted by molar-refractivity contribution is -0.143. The molecule has 2 amide bonds. The highest BCUT2D eigenvalue weighted by Crippen LogP contribution is 2.33. The van der Waals surface area contributed by atoms with Crippen molar-refractivity contribution >= 4 is 11.8 Å². The third kappa shape index (κ3) is 2.29. The molecular weight excluding hydrogens is 220 g/mol. The normalized spacial score (nSPS) is 38.1. The molecule has 2 aliphatic rings. The standard InChI is InChI=1S/C12H20N2O3/c1-7-8(2)17-9(3)11(7)12(16)14-5-4-13-10(15)6-14/h7-9,11H,4-6H2,1-3H3,(H,13,15). The Balaban J connectivity index is 2.06. The van der Waals surface area contributed by atoms with Gasteiger partial charge in [-0.1, -0.05) is 6.92 Å². The maximum absolute atomic E-state index is 12.4. The predicted molar refractivity (Wildman–Crippen MR) is 62.3 cm³/mol. The van der Waals surface area contributed by atoms with Crippen LogP contribution in [0.2, 0.25) is 0 Å². The predicted octanol–water partition coefficient (Wildman–Crippen LogP) is 0.00430. The topological polar surface area (TPSA) is 58.6 Å². The summed E-state index contributed by atoms with van der Waals surface area (Å²) in [5, 5.41) is 2.72. The molecule has 0 bridgehead atoms. The zero-order valence-electron chi connectivity index (χ0n) is 10.6. The van der Waals surface area contributed by atoms with Crippen molar-refractivity contribution in [2.24, 2.45) is 11.8 Å². The van der Waals surface area contributed by atoms with Crippen LogP contribution >= 0.6 is 0 Å². The lowest BCUT2D eigenvalue weighted by Crippen LogP contribution is -2.52. The van der Waals surface area contributed by atoms with Crippen LogP contribution in [0.5, 0.6) is 0 Å². The zero-order chi connectivity index (χ0) is 12.6. The molecule has 96 valence electrons. The Kier molecular flexibility index (Phi) is 3.38. The second-order valence-electron chi connectivity index (χ2n) is 5.04. The van der Waals surface area contributed by atoms with E-state index in [9.17, 15) is 9.59 Å². The minimum Gasteiger partial charge on any atom is -0.374 e. The van der Waals surface area contributed by atoms with E-state index in [0.717, 1.165) is 0 Å². The van der Waals surface area contributed by atoms with Gasteiger partial charge in [-0.15, -0.1) is 0 Å². The van der Waals surface area contributed by atoms with Crippen LogP contribution in [0, 0.1) is 11.8 Å². The van der Waals surface area contributed by atoms with Crippen LogP contribution in [0.15, 0.2) is 0 Å². The summed E-state index contributed by atoms with van der Waals surface area (Å²) in [6.07, 6.45) is 0.0510.